The van der Waals surface area contributed by atoms with Crippen LogP contribution < -0.4 is 19.7 Å². The Morgan fingerprint density at radius 2 is 1.81 bits per heavy atom. The van der Waals surface area contributed by atoms with E-state index in [0.717, 1.165) is 25.2 Å². The van der Waals surface area contributed by atoms with E-state index in [0.29, 0.717) is 35.3 Å². The first-order valence-electron chi connectivity index (χ1n) is 11.5. The molecule has 1 N–H and O–H groups in total. The number of nitrogens with one attached hydrogen (secondary N) is 1. The van der Waals surface area contributed by atoms with Gasteiger partial charge in [0.15, 0.2) is 11.5 Å². The number of hydrogen-bond acceptors (Lipinski definition) is 5. The molecule has 3 aromatic rings. The minimum atomic E-state index is -0.837. The van der Waals surface area contributed by atoms with E-state index in [9.17, 15) is 14.4 Å². The first-order valence-corrected chi connectivity index (χ1v) is 13.0. The molecule has 0 radical (unpaired) electrons. The lowest BCUT2D eigenvalue weighted by Crippen LogP contribution is -2.54. The lowest BCUT2D eigenvalue weighted by molar-refractivity contribution is -0.122. The summed E-state index contributed by atoms with van der Waals surface area (Å²) in [7, 11) is 0. The molecule has 4 amide bonds. The predicted molar refractivity (Wildman–Crippen MR) is 151 cm³/mol. The van der Waals surface area contributed by atoms with E-state index in [1.807, 2.05) is 45.0 Å². The predicted octanol–water partition coefficient (Wildman–Crippen LogP) is 6.21. The fourth-order valence-electron chi connectivity index (χ4n) is 3.81. The number of hydrogen-bond donors (Lipinski definition) is 1. The lowest BCUT2D eigenvalue weighted by atomic mass is 10.1. The van der Waals surface area contributed by atoms with Crippen molar-refractivity contribution in [3.05, 3.63) is 91.0 Å². The molecule has 7 nitrogen and oxygen atoms in total. The molecule has 0 unspecified atom stereocenters. The summed E-state index contributed by atoms with van der Waals surface area (Å²) in [4.78, 5) is 39.3. The second-order valence-electron chi connectivity index (χ2n) is 8.43. The summed E-state index contributed by atoms with van der Waals surface area (Å²) in [6.45, 7) is 6.44. The van der Waals surface area contributed by atoms with Crippen molar-refractivity contribution in [2.24, 2.45) is 0 Å². The van der Waals surface area contributed by atoms with Gasteiger partial charge >= 0.3 is 6.03 Å². The Hall–Kier alpha value is -3.37. The van der Waals surface area contributed by atoms with Crippen LogP contribution in [0.5, 0.6) is 11.5 Å². The fourth-order valence-corrected chi connectivity index (χ4v) is 4.77. The van der Waals surface area contributed by atoms with Gasteiger partial charge in [-0.2, -0.15) is 0 Å². The molecule has 1 aliphatic heterocycles. The summed E-state index contributed by atoms with van der Waals surface area (Å²) in [6, 6.07) is 15.5. The van der Waals surface area contributed by atoms with Crippen LogP contribution in [0.25, 0.3) is 6.08 Å². The highest BCUT2D eigenvalue weighted by molar-refractivity contribution is 14.1. The van der Waals surface area contributed by atoms with Crippen LogP contribution in [0.4, 0.5) is 10.5 Å². The minimum Gasteiger partial charge on any atom is -0.490 e. The van der Waals surface area contributed by atoms with Gasteiger partial charge in [-0.05, 0) is 90.4 Å². The van der Waals surface area contributed by atoms with E-state index in [1.165, 1.54) is 12.1 Å². The number of carbonyl (C=O) groups excluding carboxylic acids is 3. The molecule has 1 saturated heterocycles. The molecule has 1 heterocycles. The average molecular weight is 631 g/mol. The van der Waals surface area contributed by atoms with Crippen LogP contribution in [0.2, 0.25) is 5.02 Å². The Morgan fingerprint density at radius 1 is 1.03 bits per heavy atom. The number of nitrogens with zero attached hydrogens (tertiary/aromatic N) is 1. The number of halogens is 2. The molecular formula is C28H24ClIN2O5. The third-order valence-corrected chi connectivity index (χ3v) is 6.83. The zero-order chi connectivity index (χ0) is 26.7. The van der Waals surface area contributed by atoms with Gasteiger partial charge in [0.2, 0.25) is 0 Å². The summed E-state index contributed by atoms with van der Waals surface area (Å²) in [6.07, 6.45) is 1.43. The summed E-state index contributed by atoms with van der Waals surface area (Å²) < 4.78 is 12.7. The molecule has 0 aromatic heterocycles. The van der Waals surface area contributed by atoms with Crippen LogP contribution in [0.1, 0.15) is 29.2 Å². The minimum absolute atomic E-state index is 0.192. The maximum absolute atomic E-state index is 13.3. The molecule has 0 spiro atoms. The number of carbonyl (C=O) groups is 3. The second-order valence-corrected chi connectivity index (χ2v) is 10.0. The Morgan fingerprint density at radius 3 is 2.51 bits per heavy atom. The van der Waals surface area contributed by atoms with Crippen LogP contribution in [0, 0.1) is 17.4 Å². The van der Waals surface area contributed by atoms with Crippen LogP contribution in [0.15, 0.2) is 60.2 Å². The number of urea groups is 1. The van der Waals surface area contributed by atoms with Gasteiger partial charge in [-0.3, -0.25) is 14.9 Å². The van der Waals surface area contributed by atoms with Crippen molar-refractivity contribution in [1.82, 2.24) is 5.32 Å². The maximum Gasteiger partial charge on any atom is 0.335 e. The van der Waals surface area contributed by atoms with Crippen molar-refractivity contribution in [2.75, 3.05) is 11.5 Å². The normalized spacial score (nSPS) is 14.7. The average Bonchev–Trinajstić information content (AvgIpc) is 2.83. The second kappa shape index (κ2) is 11.4. The summed E-state index contributed by atoms with van der Waals surface area (Å²) in [5, 5.41) is 2.63. The van der Waals surface area contributed by atoms with E-state index in [2.05, 4.69) is 27.9 Å². The number of imide groups is 2. The highest BCUT2D eigenvalue weighted by Gasteiger charge is 2.37. The van der Waals surface area contributed by atoms with E-state index < -0.39 is 17.8 Å². The molecule has 190 valence electrons. The summed E-state index contributed by atoms with van der Waals surface area (Å²) >= 11 is 8.33. The van der Waals surface area contributed by atoms with Crippen LogP contribution in [-0.2, 0) is 16.2 Å². The molecule has 0 atom stereocenters. The zero-order valence-corrected chi connectivity index (χ0v) is 23.3. The first-order chi connectivity index (χ1) is 17.7. The molecule has 3 aromatic carbocycles. The third-order valence-electron chi connectivity index (χ3n) is 5.62. The quantitative estimate of drug-likeness (QED) is 0.191. The highest BCUT2D eigenvalue weighted by Crippen LogP contribution is 2.36. The molecule has 0 aliphatic carbocycles. The lowest BCUT2D eigenvalue weighted by Gasteiger charge is -2.26. The van der Waals surface area contributed by atoms with Gasteiger partial charge in [0.25, 0.3) is 11.8 Å². The Labute approximate surface area is 233 Å². The number of ether oxygens (including phenoxy) is 2. The molecule has 37 heavy (non-hydrogen) atoms. The third kappa shape index (κ3) is 5.97. The number of benzene rings is 3. The number of amides is 4. The standard InChI is InChI=1S/C28H24ClIN2O5/c1-4-36-24-13-19(12-23(30)25(24)37-15-18-7-5-6-16(2)10-18)11-21-26(33)31-28(35)32(27(21)34)20-9-8-17(3)22(29)14-20/h5-14H,4,15H2,1-3H3,(H,31,33,35)/b21-11-. The zero-order valence-electron chi connectivity index (χ0n) is 20.4. The first kappa shape index (κ1) is 26.7. The molecule has 9 heteroatoms. The monoisotopic (exact) mass is 630 g/mol. The van der Waals surface area contributed by atoms with Crippen molar-refractivity contribution in [3.8, 4) is 11.5 Å². The van der Waals surface area contributed by atoms with Crippen molar-refractivity contribution in [3.63, 3.8) is 0 Å². The number of rotatable bonds is 7. The molecular weight excluding hydrogens is 607 g/mol. The Balaban J connectivity index is 1.67. The molecule has 4 rings (SSSR count). The van der Waals surface area contributed by atoms with E-state index in [4.69, 9.17) is 21.1 Å². The summed E-state index contributed by atoms with van der Waals surface area (Å²) in [5.41, 5.74) is 3.58. The Bertz CT molecular complexity index is 1440. The number of anilines is 1. The largest absolute Gasteiger partial charge is 0.490 e. The van der Waals surface area contributed by atoms with E-state index in [-0.39, 0.29) is 11.3 Å². The SMILES string of the molecule is CCOc1cc(/C=C2/C(=O)NC(=O)N(c3ccc(C)c(Cl)c3)C2=O)cc(I)c1OCc1cccc(C)c1. The molecule has 1 aliphatic rings. The molecule has 1 fully saturated rings. The van der Waals surface area contributed by atoms with Crippen molar-refractivity contribution < 1.29 is 23.9 Å². The van der Waals surface area contributed by atoms with E-state index >= 15 is 0 Å². The van der Waals surface area contributed by atoms with Gasteiger partial charge < -0.3 is 9.47 Å². The maximum atomic E-state index is 13.3. The van der Waals surface area contributed by atoms with Crippen LogP contribution in [-0.4, -0.2) is 24.5 Å². The fraction of sp³-hybridized carbons (Fsp3) is 0.179. The summed E-state index contributed by atoms with van der Waals surface area (Å²) in [5.74, 6) is -0.480. The topological polar surface area (TPSA) is 84.9 Å². The van der Waals surface area contributed by atoms with Crippen molar-refractivity contribution in [2.45, 2.75) is 27.4 Å². The van der Waals surface area contributed by atoms with Crippen LogP contribution >= 0.6 is 34.2 Å². The smallest absolute Gasteiger partial charge is 0.335 e. The van der Waals surface area contributed by atoms with Gasteiger partial charge in [-0.25, -0.2) is 9.69 Å². The highest BCUT2D eigenvalue weighted by atomic mass is 127. The van der Waals surface area contributed by atoms with Gasteiger partial charge in [0, 0.05) is 5.02 Å². The van der Waals surface area contributed by atoms with Gasteiger partial charge in [-0.1, -0.05) is 47.5 Å². The van der Waals surface area contributed by atoms with Crippen molar-refractivity contribution in [1.29, 1.82) is 0 Å². The number of barbiturate groups is 1. The molecule has 0 saturated carbocycles. The van der Waals surface area contributed by atoms with Crippen molar-refractivity contribution >= 4 is 63.8 Å². The Kier molecular flexibility index (Phi) is 8.19. The van der Waals surface area contributed by atoms with Gasteiger partial charge in [0.05, 0.1) is 15.9 Å². The van der Waals surface area contributed by atoms with Gasteiger partial charge in [-0.15, -0.1) is 0 Å². The van der Waals surface area contributed by atoms with E-state index in [1.54, 1.807) is 24.3 Å². The number of aryl methyl sites for hydroxylation is 2. The molecule has 0 bridgehead atoms. The van der Waals surface area contributed by atoms with Gasteiger partial charge in [0.1, 0.15) is 12.2 Å². The van der Waals surface area contributed by atoms with Crippen LogP contribution in [0.3, 0.4) is 0 Å².